The van der Waals surface area contributed by atoms with Crippen molar-refractivity contribution in [3.05, 3.63) is 11.7 Å². The van der Waals surface area contributed by atoms with Crippen LogP contribution in [0.1, 0.15) is 0 Å². The zero-order chi connectivity index (χ0) is 11.6. The maximum Gasteiger partial charge on any atom is 0.460 e. The third-order valence-electron chi connectivity index (χ3n) is 0.981. The average Bonchev–Trinajstić information content (AvgIpc) is 2.01. The molecule has 0 rings (SSSR count). The molecule has 0 aromatic carbocycles. The Kier molecular flexibility index (Phi) is 3.51. The van der Waals surface area contributed by atoms with Crippen molar-refractivity contribution in [3.8, 4) is 12.1 Å². The number of alkyl halides is 5. The first kappa shape index (κ1) is 12.7. The van der Waals surface area contributed by atoms with E-state index in [1.807, 2.05) is 0 Å². The van der Waals surface area contributed by atoms with E-state index in [9.17, 15) is 35.1 Å². The Bertz CT molecular complexity index is 298. The van der Waals surface area contributed by atoms with Crippen LogP contribution in [0.2, 0.25) is 0 Å². The van der Waals surface area contributed by atoms with Gasteiger partial charge in [0.15, 0.2) is 0 Å². The molecule has 0 radical (unpaired) electrons. The van der Waals surface area contributed by atoms with Crippen molar-refractivity contribution >= 4 is 0 Å². The summed E-state index contributed by atoms with van der Waals surface area (Å²) in [6, 6.07) is 0. The summed E-state index contributed by atoms with van der Waals surface area (Å²) in [7, 11) is 0. The van der Waals surface area contributed by atoms with Gasteiger partial charge in [0.05, 0.1) is 0 Å². The molecule has 0 aromatic heterocycles. The second-order valence-electron chi connectivity index (χ2n) is 1.92. The first-order valence-electron chi connectivity index (χ1n) is 2.76. The summed E-state index contributed by atoms with van der Waals surface area (Å²) < 4.78 is 92.8. The fraction of sp³-hybridized carbons (Fsp3) is 0.333. The second-order valence-corrected chi connectivity index (χ2v) is 1.92. The van der Waals surface area contributed by atoms with E-state index in [-0.39, 0.29) is 6.17 Å². The molecule has 0 heterocycles. The molecular weight excluding hydrogens is 224 g/mol. The molecule has 0 saturated carbocycles. The van der Waals surface area contributed by atoms with E-state index in [2.05, 4.69) is 0 Å². The molecule has 0 atom stereocenters. The average molecular weight is 224 g/mol. The summed E-state index contributed by atoms with van der Waals surface area (Å²) in [4.78, 5) is 0. The lowest BCUT2D eigenvalue weighted by Gasteiger charge is -2.16. The molecule has 0 bridgehead atoms. The Morgan fingerprint density at radius 1 is 0.929 bits per heavy atom. The van der Waals surface area contributed by atoms with Crippen molar-refractivity contribution < 1.29 is 35.1 Å². The van der Waals surface area contributed by atoms with Crippen molar-refractivity contribution in [2.75, 3.05) is 0 Å². The first-order valence-corrected chi connectivity index (χ1v) is 2.76. The quantitative estimate of drug-likeness (QED) is 0.473. The lowest BCUT2D eigenvalue weighted by atomic mass is 10.2. The highest BCUT2D eigenvalue weighted by Gasteiger charge is 2.62. The SMILES string of the molecule is FC#CC(F)=C(F)C(F)(F)C(F)(F)F. The summed E-state index contributed by atoms with van der Waals surface area (Å²) in [5.41, 5.74) is 0. The number of hydrogen-bond acceptors (Lipinski definition) is 0. The Hall–Kier alpha value is -1.26. The lowest BCUT2D eigenvalue weighted by Crippen LogP contribution is -2.37. The van der Waals surface area contributed by atoms with Crippen LogP contribution in [-0.2, 0) is 0 Å². The highest BCUT2D eigenvalue weighted by Crippen LogP contribution is 2.42. The van der Waals surface area contributed by atoms with Gasteiger partial charge >= 0.3 is 12.1 Å². The van der Waals surface area contributed by atoms with Crippen molar-refractivity contribution in [2.24, 2.45) is 0 Å². The van der Waals surface area contributed by atoms with Crippen molar-refractivity contribution in [2.45, 2.75) is 12.1 Å². The minimum absolute atomic E-state index is 0.148. The molecule has 0 aromatic rings. The van der Waals surface area contributed by atoms with Crippen LogP contribution in [0.25, 0.3) is 0 Å². The number of allylic oxidation sites excluding steroid dienone is 2. The largest absolute Gasteiger partial charge is 0.460 e. The Morgan fingerprint density at radius 3 is 1.64 bits per heavy atom. The van der Waals surface area contributed by atoms with Crippen LogP contribution in [0.15, 0.2) is 11.7 Å². The third kappa shape index (κ3) is 2.37. The highest BCUT2D eigenvalue weighted by atomic mass is 19.4. The van der Waals surface area contributed by atoms with E-state index >= 15 is 0 Å². The van der Waals surface area contributed by atoms with Gasteiger partial charge in [0.1, 0.15) is 6.17 Å². The Morgan fingerprint density at radius 2 is 1.36 bits per heavy atom. The lowest BCUT2D eigenvalue weighted by molar-refractivity contribution is -0.271. The molecule has 0 nitrogen and oxygen atoms in total. The van der Waals surface area contributed by atoms with Crippen molar-refractivity contribution in [3.63, 3.8) is 0 Å². The van der Waals surface area contributed by atoms with E-state index in [0.29, 0.717) is 5.92 Å². The smallest absolute Gasteiger partial charge is 0.201 e. The van der Waals surface area contributed by atoms with Gasteiger partial charge in [-0.1, -0.05) is 0 Å². The van der Waals surface area contributed by atoms with E-state index in [1.165, 1.54) is 0 Å². The molecule has 0 amide bonds. The molecule has 0 N–H and O–H groups in total. The molecule has 0 fully saturated rings. The number of rotatable bonds is 1. The van der Waals surface area contributed by atoms with Crippen LogP contribution < -0.4 is 0 Å². The molecule has 0 aliphatic carbocycles. The second kappa shape index (κ2) is 3.86. The monoisotopic (exact) mass is 224 g/mol. The van der Waals surface area contributed by atoms with Crippen LogP contribution in [0, 0.1) is 12.1 Å². The summed E-state index contributed by atoms with van der Waals surface area (Å²) >= 11 is 0. The predicted octanol–water partition coefficient (Wildman–Crippen LogP) is 3.26. The molecule has 0 aliphatic heterocycles. The molecule has 0 unspecified atom stereocenters. The maximum absolute atomic E-state index is 12.0. The van der Waals surface area contributed by atoms with Gasteiger partial charge in [-0.3, -0.25) is 0 Å². The van der Waals surface area contributed by atoms with E-state index < -0.39 is 23.8 Å². The zero-order valence-electron chi connectivity index (χ0n) is 6.02. The van der Waals surface area contributed by atoms with Gasteiger partial charge in [-0.15, -0.1) is 4.39 Å². The molecule has 0 spiro atoms. The first-order chi connectivity index (χ1) is 6.14. The van der Waals surface area contributed by atoms with Gasteiger partial charge in [-0.05, 0) is 0 Å². The van der Waals surface area contributed by atoms with Gasteiger partial charge in [0.2, 0.25) is 11.7 Å². The Labute approximate surface area is 72.2 Å². The van der Waals surface area contributed by atoms with Gasteiger partial charge in [0, 0.05) is 5.92 Å². The van der Waals surface area contributed by atoms with Crippen LogP contribution >= 0.6 is 0 Å². The number of hydrogen-bond donors (Lipinski definition) is 0. The standard InChI is InChI=1S/C6F8/c7-2-1-3(8)4(9)5(10,11)6(12,13)14. The topological polar surface area (TPSA) is 0 Å². The van der Waals surface area contributed by atoms with Crippen LogP contribution in [0.3, 0.4) is 0 Å². The predicted molar refractivity (Wildman–Crippen MR) is 29.1 cm³/mol. The van der Waals surface area contributed by atoms with Crippen LogP contribution in [-0.4, -0.2) is 12.1 Å². The third-order valence-corrected chi connectivity index (χ3v) is 0.981. The molecule has 8 heteroatoms. The Balaban J connectivity index is 5.28. The summed E-state index contributed by atoms with van der Waals surface area (Å²) in [5, 5.41) is 0. The number of halogens is 8. The molecule has 14 heavy (non-hydrogen) atoms. The van der Waals surface area contributed by atoms with E-state index in [0.717, 1.165) is 0 Å². The molecule has 0 saturated heterocycles. The summed E-state index contributed by atoms with van der Waals surface area (Å²) in [6.07, 6.45) is -6.15. The fourth-order valence-corrected chi connectivity index (χ4v) is 0.359. The summed E-state index contributed by atoms with van der Waals surface area (Å²) in [6.45, 7) is 0. The van der Waals surface area contributed by atoms with Gasteiger partial charge in [-0.2, -0.15) is 26.3 Å². The fourth-order valence-electron chi connectivity index (χ4n) is 0.359. The maximum atomic E-state index is 12.0. The van der Waals surface area contributed by atoms with Crippen molar-refractivity contribution in [1.82, 2.24) is 0 Å². The van der Waals surface area contributed by atoms with E-state index in [4.69, 9.17) is 0 Å². The van der Waals surface area contributed by atoms with Crippen LogP contribution in [0.5, 0.6) is 0 Å². The minimum Gasteiger partial charge on any atom is -0.201 e. The van der Waals surface area contributed by atoms with Gasteiger partial charge in [-0.25, -0.2) is 4.39 Å². The van der Waals surface area contributed by atoms with Gasteiger partial charge < -0.3 is 0 Å². The molecule has 0 aliphatic rings. The minimum atomic E-state index is -6.30. The zero-order valence-corrected chi connectivity index (χ0v) is 6.02. The normalized spacial score (nSPS) is 14.3. The molecular formula is C6F8. The van der Waals surface area contributed by atoms with Crippen molar-refractivity contribution in [1.29, 1.82) is 0 Å². The summed E-state index contributed by atoms with van der Waals surface area (Å²) in [5.74, 6) is -11.8. The highest BCUT2D eigenvalue weighted by molar-refractivity contribution is 5.27. The van der Waals surface area contributed by atoms with E-state index in [1.54, 1.807) is 0 Å². The van der Waals surface area contributed by atoms with Crippen LogP contribution in [0.4, 0.5) is 35.1 Å². The molecule has 80 valence electrons. The van der Waals surface area contributed by atoms with Gasteiger partial charge in [0.25, 0.3) is 0 Å².